The van der Waals surface area contributed by atoms with Gasteiger partial charge in [0.15, 0.2) is 0 Å². The average Bonchev–Trinajstić information content (AvgIpc) is 2.86. The molecule has 0 amide bonds. The number of benzene rings is 1. The van der Waals surface area contributed by atoms with E-state index in [0.29, 0.717) is 6.54 Å². The highest BCUT2D eigenvalue weighted by atomic mass is 32.1. The topological polar surface area (TPSA) is 63.8 Å². The van der Waals surface area contributed by atoms with E-state index in [1.54, 1.807) is 0 Å². The van der Waals surface area contributed by atoms with Gasteiger partial charge in [-0.3, -0.25) is 0 Å². The van der Waals surface area contributed by atoms with Crippen LogP contribution in [0.4, 0.5) is 5.13 Å². The number of hydrogen-bond donors (Lipinski definition) is 2. The standard InChI is InChI=1S/C14H20N4S/c1-14(2,3)12-17-13(19-18-12)16-9-11(15)10-7-5-4-6-8-10/h4-8,11H,9,15H2,1-3H3,(H,16,17,18). The lowest BCUT2D eigenvalue weighted by Crippen LogP contribution is -2.20. The molecular formula is C14H20N4S. The fraction of sp³-hybridized carbons (Fsp3) is 0.429. The van der Waals surface area contributed by atoms with Gasteiger partial charge in [-0.05, 0) is 5.56 Å². The summed E-state index contributed by atoms with van der Waals surface area (Å²) in [7, 11) is 0. The van der Waals surface area contributed by atoms with Crippen molar-refractivity contribution in [3.63, 3.8) is 0 Å². The molecule has 1 heterocycles. The molecule has 1 aromatic heterocycles. The summed E-state index contributed by atoms with van der Waals surface area (Å²) >= 11 is 1.39. The minimum absolute atomic E-state index is 0.0159. The molecule has 0 saturated heterocycles. The SMILES string of the molecule is CC(C)(C)c1nsc(NCC(N)c2ccccc2)n1. The summed E-state index contributed by atoms with van der Waals surface area (Å²) in [6.45, 7) is 6.97. The van der Waals surface area contributed by atoms with Crippen LogP contribution in [0.25, 0.3) is 0 Å². The van der Waals surface area contributed by atoms with Crippen LogP contribution in [0.1, 0.15) is 38.2 Å². The van der Waals surface area contributed by atoms with Crippen LogP contribution in [-0.4, -0.2) is 15.9 Å². The maximum absolute atomic E-state index is 6.13. The van der Waals surface area contributed by atoms with E-state index in [0.717, 1.165) is 16.5 Å². The molecule has 0 saturated carbocycles. The number of nitrogens with one attached hydrogen (secondary N) is 1. The molecule has 0 bridgehead atoms. The molecule has 19 heavy (non-hydrogen) atoms. The normalized spacial score (nSPS) is 13.3. The summed E-state index contributed by atoms with van der Waals surface area (Å²) in [5.74, 6) is 0.869. The summed E-state index contributed by atoms with van der Waals surface area (Å²) in [6, 6.07) is 10.0. The molecule has 3 N–H and O–H groups in total. The van der Waals surface area contributed by atoms with Crippen molar-refractivity contribution in [2.24, 2.45) is 5.73 Å². The summed E-state index contributed by atoms with van der Waals surface area (Å²) < 4.78 is 4.37. The Labute approximate surface area is 118 Å². The molecule has 0 aliphatic carbocycles. The van der Waals surface area contributed by atoms with Gasteiger partial charge in [0.2, 0.25) is 5.13 Å². The summed E-state index contributed by atoms with van der Waals surface area (Å²) in [5, 5.41) is 4.09. The Hall–Kier alpha value is -1.46. The van der Waals surface area contributed by atoms with Crippen molar-refractivity contribution in [1.29, 1.82) is 0 Å². The van der Waals surface area contributed by atoms with Crippen molar-refractivity contribution >= 4 is 16.7 Å². The van der Waals surface area contributed by atoms with Gasteiger partial charge in [0.1, 0.15) is 5.82 Å². The molecular weight excluding hydrogens is 256 g/mol. The first-order valence-corrected chi connectivity index (χ1v) is 7.13. The summed E-state index contributed by atoms with van der Waals surface area (Å²) in [6.07, 6.45) is 0. The van der Waals surface area contributed by atoms with Crippen molar-refractivity contribution in [3.8, 4) is 0 Å². The van der Waals surface area contributed by atoms with Crippen molar-refractivity contribution < 1.29 is 0 Å². The second kappa shape index (κ2) is 5.67. The number of rotatable bonds is 4. The van der Waals surface area contributed by atoms with E-state index in [-0.39, 0.29) is 11.5 Å². The van der Waals surface area contributed by atoms with Gasteiger partial charge in [-0.25, -0.2) is 4.98 Å². The highest BCUT2D eigenvalue weighted by Gasteiger charge is 2.19. The van der Waals surface area contributed by atoms with Crippen LogP contribution < -0.4 is 11.1 Å². The lowest BCUT2D eigenvalue weighted by atomic mass is 9.96. The first-order chi connectivity index (χ1) is 8.97. The molecule has 102 valence electrons. The fourth-order valence-electron chi connectivity index (χ4n) is 1.62. The van der Waals surface area contributed by atoms with Crippen LogP contribution in [0.15, 0.2) is 30.3 Å². The van der Waals surface area contributed by atoms with Gasteiger partial charge in [-0.15, -0.1) is 0 Å². The minimum Gasteiger partial charge on any atom is -0.358 e. The van der Waals surface area contributed by atoms with Gasteiger partial charge in [-0.1, -0.05) is 51.1 Å². The Bertz CT molecular complexity index is 516. The van der Waals surface area contributed by atoms with E-state index in [4.69, 9.17) is 5.73 Å². The predicted octanol–water partition coefficient (Wildman–Crippen LogP) is 2.95. The van der Waals surface area contributed by atoms with E-state index in [2.05, 4.69) is 35.4 Å². The maximum atomic E-state index is 6.13. The van der Waals surface area contributed by atoms with Gasteiger partial charge in [0.25, 0.3) is 0 Å². The van der Waals surface area contributed by atoms with Crippen molar-refractivity contribution in [2.75, 3.05) is 11.9 Å². The highest BCUT2D eigenvalue weighted by molar-refractivity contribution is 7.09. The van der Waals surface area contributed by atoms with Crippen LogP contribution >= 0.6 is 11.5 Å². The molecule has 0 aliphatic heterocycles. The largest absolute Gasteiger partial charge is 0.358 e. The van der Waals surface area contributed by atoms with Gasteiger partial charge in [0, 0.05) is 29.5 Å². The minimum atomic E-state index is -0.0387. The smallest absolute Gasteiger partial charge is 0.202 e. The van der Waals surface area contributed by atoms with E-state index in [1.165, 1.54) is 11.5 Å². The number of hydrogen-bond acceptors (Lipinski definition) is 5. The molecule has 4 nitrogen and oxygen atoms in total. The Morgan fingerprint density at radius 3 is 2.53 bits per heavy atom. The van der Waals surface area contributed by atoms with Crippen LogP contribution in [0.2, 0.25) is 0 Å². The van der Waals surface area contributed by atoms with Crippen molar-refractivity contribution in [3.05, 3.63) is 41.7 Å². The zero-order valence-corrected chi connectivity index (χ0v) is 12.4. The molecule has 0 spiro atoms. The molecule has 1 unspecified atom stereocenters. The fourth-order valence-corrected chi connectivity index (χ4v) is 2.38. The Balaban J connectivity index is 1.94. The number of aromatic nitrogens is 2. The molecule has 0 radical (unpaired) electrons. The molecule has 0 fully saturated rings. The zero-order valence-electron chi connectivity index (χ0n) is 11.6. The first kappa shape index (κ1) is 14.0. The zero-order chi connectivity index (χ0) is 13.9. The van der Waals surface area contributed by atoms with Crippen molar-refractivity contribution in [2.45, 2.75) is 32.2 Å². The molecule has 0 aliphatic rings. The van der Waals surface area contributed by atoms with Crippen LogP contribution in [0.5, 0.6) is 0 Å². The molecule has 1 aromatic carbocycles. The van der Waals surface area contributed by atoms with E-state index < -0.39 is 0 Å². The quantitative estimate of drug-likeness (QED) is 0.901. The van der Waals surface area contributed by atoms with Crippen molar-refractivity contribution in [1.82, 2.24) is 9.36 Å². The van der Waals surface area contributed by atoms with Gasteiger partial charge >= 0.3 is 0 Å². The van der Waals surface area contributed by atoms with Crippen LogP contribution in [-0.2, 0) is 5.41 Å². The highest BCUT2D eigenvalue weighted by Crippen LogP contribution is 2.23. The van der Waals surface area contributed by atoms with Crippen LogP contribution in [0.3, 0.4) is 0 Å². The third-order valence-electron chi connectivity index (χ3n) is 2.80. The van der Waals surface area contributed by atoms with Gasteiger partial charge in [0.05, 0.1) is 0 Å². The predicted molar refractivity (Wildman–Crippen MR) is 80.5 cm³/mol. The summed E-state index contributed by atoms with van der Waals surface area (Å²) in [5.41, 5.74) is 7.23. The Morgan fingerprint density at radius 2 is 1.95 bits per heavy atom. The monoisotopic (exact) mass is 276 g/mol. The lowest BCUT2D eigenvalue weighted by molar-refractivity contribution is 0.555. The second-order valence-electron chi connectivity index (χ2n) is 5.57. The van der Waals surface area contributed by atoms with Crippen LogP contribution in [0, 0.1) is 0 Å². The summed E-state index contributed by atoms with van der Waals surface area (Å²) in [4.78, 5) is 4.49. The Morgan fingerprint density at radius 1 is 1.26 bits per heavy atom. The molecule has 1 atom stereocenters. The maximum Gasteiger partial charge on any atom is 0.202 e. The molecule has 5 heteroatoms. The van der Waals surface area contributed by atoms with E-state index in [9.17, 15) is 0 Å². The van der Waals surface area contributed by atoms with Gasteiger partial charge < -0.3 is 11.1 Å². The van der Waals surface area contributed by atoms with E-state index in [1.807, 2.05) is 30.3 Å². The number of anilines is 1. The first-order valence-electron chi connectivity index (χ1n) is 6.35. The third kappa shape index (κ3) is 3.75. The number of nitrogens with two attached hydrogens (primary N) is 1. The van der Waals surface area contributed by atoms with E-state index >= 15 is 0 Å². The lowest BCUT2D eigenvalue weighted by Gasteiger charge is -2.13. The second-order valence-corrected chi connectivity index (χ2v) is 6.32. The Kier molecular flexibility index (Phi) is 4.17. The number of nitrogens with zero attached hydrogens (tertiary/aromatic N) is 2. The van der Waals surface area contributed by atoms with Gasteiger partial charge in [-0.2, -0.15) is 4.37 Å². The molecule has 2 aromatic rings. The third-order valence-corrected chi connectivity index (χ3v) is 3.47. The average molecular weight is 276 g/mol. The molecule has 2 rings (SSSR count).